The zero-order valence-corrected chi connectivity index (χ0v) is 17.6. The fourth-order valence-electron chi connectivity index (χ4n) is 2.86. The van der Waals surface area contributed by atoms with E-state index < -0.39 is 0 Å². The van der Waals surface area contributed by atoms with Gasteiger partial charge in [-0.05, 0) is 42.0 Å². The molecule has 0 fully saturated rings. The van der Waals surface area contributed by atoms with Gasteiger partial charge in [-0.25, -0.2) is 0 Å². The Balaban J connectivity index is 1.54. The maximum atomic E-state index is 12.5. The molecule has 0 bridgehead atoms. The Morgan fingerprint density at radius 1 is 1.00 bits per heavy atom. The lowest BCUT2D eigenvalue weighted by Gasteiger charge is -2.18. The van der Waals surface area contributed by atoms with Gasteiger partial charge in [-0.2, -0.15) is 0 Å². The summed E-state index contributed by atoms with van der Waals surface area (Å²) in [5.41, 5.74) is 1.43. The first-order valence-corrected chi connectivity index (χ1v) is 9.52. The molecule has 1 N–H and O–H groups in total. The van der Waals surface area contributed by atoms with Crippen molar-refractivity contribution in [3.8, 4) is 17.2 Å². The summed E-state index contributed by atoms with van der Waals surface area (Å²) in [7, 11) is 4.83. The number of likely N-dealkylation sites (N-methyl/N-ethyl adjacent to an activating group) is 1. The Morgan fingerprint density at radius 3 is 2.52 bits per heavy atom. The molecule has 0 atom stereocenters. The maximum absolute atomic E-state index is 12.5. The molecular formula is C23H24N2O6. The number of nitrogens with zero attached hydrogens (tertiary/aromatic N) is 1. The molecule has 2 aromatic carbocycles. The molecule has 3 aromatic rings. The molecule has 0 aliphatic carbocycles. The smallest absolute Gasteiger partial charge is 0.291 e. The lowest BCUT2D eigenvalue weighted by molar-refractivity contribution is -0.132. The van der Waals surface area contributed by atoms with E-state index in [2.05, 4.69) is 5.32 Å². The molecule has 8 nitrogen and oxygen atoms in total. The minimum atomic E-state index is -0.368. The number of carbonyl (C=O) groups is 2. The van der Waals surface area contributed by atoms with E-state index in [1.165, 1.54) is 6.26 Å². The average Bonchev–Trinajstić information content (AvgIpc) is 3.32. The number of benzene rings is 2. The number of amides is 2. The number of methoxy groups -OCH3 is 2. The molecule has 31 heavy (non-hydrogen) atoms. The van der Waals surface area contributed by atoms with E-state index in [0.29, 0.717) is 29.5 Å². The van der Waals surface area contributed by atoms with Gasteiger partial charge >= 0.3 is 0 Å². The van der Waals surface area contributed by atoms with E-state index in [1.54, 1.807) is 68.6 Å². The second kappa shape index (κ2) is 10.2. The minimum Gasteiger partial charge on any atom is -0.493 e. The SMILES string of the molecule is COc1ccc(CN(C)C(=O)COc2cccc(NC(=O)c3ccco3)c2)cc1OC. The summed E-state index contributed by atoms with van der Waals surface area (Å²) >= 11 is 0. The highest BCUT2D eigenvalue weighted by Crippen LogP contribution is 2.28. The number of rotatable bonds is 9. The van der Waals surface area contributed by atoms with Crippen molar-refractivity contribution in [2.75, 3.05) is 33.2 Å². The molecule has 0 radical (unpaired) electrons. The van der Waals surface area contributed by atoms with Gasteiger partial charge in [-0.15, -0.1) is 0 Å². The molecule has 3 rings (SSSR count). The molecule has 2 amide bonds. The normalized spacial score (nSPS) is 10.3. The molecule has 0 saturated carbocycles. The topological polar surface area (TPSA) is 90.2 Å². The van der Waals surface area contributed by atoms with Gasteiger partial charge in [-0.1, -0.05) is 12.1 Å². The van der Waals surface area contributed by atoms with Crippen LogP contribution < -0.4 is 19.5 Å². The zero-order chi connectivity index (χ0) is 22.2. The number of furan rings is 1. The summed E-state index contributed by atoms with van der Waals surface area (Å²) in [6.45, 7) is 0.251. The lowest BCUT2D eigenvalue weighted by atomic mass is 10.2. The number of hydrogen-bond acceptors (Lipinski definition) is 6. The first-order valence-electron chi connectivity index (χ1n) is 9.52. The van der Waals surface area contributed by atoms with Crippen molar-refractivity contribution < 1.29 is 28.2 Å². The fraction of sp³-hybridized carbons (Fsp3) is 0.217. The van der Waals surface area contributed by atoms with Crippen LogP contribution in [0.3, 0.4) is 0 Å². The second-order valence-corrected chi connectivity index (χ2v) is 6.69. The molecule has 1 aromatic heterocycles. The molecule has 0 aliphatic rings. The van der Waals surface area contributed by atoms with Gasteiger partial charge in [0.2, 0.25) is 0 Å². The van der Waals surface area contributed by atoms with Crippen LogP contribution in [-0.2, 0) is 11.3 Å². The summed E-state index contributed by atoms with van der Waals surface area (Å²) in [5.74, 6) is 1.34. The first-order chi connectivity index (χ1) is 15.0. The Hall–Kier alpha value is -3.94. The molecule has 0 aliphatic heterocycles. The molecule has 0 saturated heterocycles. The van der Waals surface area contributed by atoms with Crippen molar-refractivity contribution in [1.29, 1.82) is 0 Å². The van der Waals surface area contributed by atoms with E-state index in [9.17, 15) is 9.59 Å². The van der Waals surface area contributed by atoms with Gasteiger partial charge in [0.05, 0.1) is 20.5 Å². The van der Waals surface area contributed by atoms with Crippen molar-refractivity contribution >= 4 is 17.5 Å². The fourth-order valence-corrected chi connectivity index (χ4v) is 2.86. The van der Waals surface area contributed by atoms with Crippen molar-refractivity contribution in [2.45, 2.75) is 6.54 Å². The van der Waals surface area contributed by atoms with Gasteiger partial charge in [0.15, 0.2) is 23.9 Å². The summed E-state index contributed by atoms with van der Waals surface area (Å²) in [5, 5.41) is 2.72. The summed E-state index contributed by atoms with van der Waals surface area (Å²) in [4.78, 5) is 26.1. The lowest BCUT2D eigenvalue weighted by Crippen LogP contribution is -2.31. The van der Waals surface area contributed by atoms with Gasteiger partial charge < -0.3 is 28.8 Å². The average molecular weight is 424 g/mol. The van der Waals surface area contributed by atoms with Gasteiger partial charge in [-0.3, -0.25) is 9.59 Å². The van der Waals surface area contributed by atoms with E-state index in [0.717, 1.165) is 5.56 Å². The Kier molecular flexibility index (Phi) is 7.16. The third-order valence-electron chi connectivity index (χ3n) is 4.49. The number of anilines is 1. The van der Waals surface area contributed by atoms with Crippen LogP contribution in [0.1, 0.15) is 16.1 Å². The highest BCUT2D eigenvalue weighted by atomic mass is 16.5. The summed E-state index contributed by atoms with van der Waals surface area (Å²) in [6.07, 6.45) is 1.43. The number of ether oxygens (including phenoxy) is 3. The van der Waals surface area contributed by atoms with Crippen LogP contribution in [0.15, 0.2) is 65.3 Å². The minimum absolute atomic E-state index is 0.140. The molecule has 0 spiro atoms. The van der Waals surface area contributed by atoms with E-state index in [4.69, 9.17) is 18.6 Å². The quantitative estimate of drug-likeness (QED) is 0.565. The maximum Gasteiger partial charge on any atom is 0.291 e. The van der Waals surface area contributed by atoms with Crippen molar-refractivity contribution in [2.24, 2.45) is 0 Å². The summed E-state index contributed by atoms with van der Waals surface area (Å²) in [6, 6.07) is 15.5. The molecular weight excluding hydrogens is 400 g/mol. The highest BCUT2D eigenvalue weighted by Gasteiger charge is 2.13. The third kappa shape index (κ3) is 5.79. The van der Waals surface area contributed by atoms with Crippen LogP contribution in [-0.4, -0.2) is 44.6 Å². The Labute approximate surface area is 180 Å². The largest absolute Gasteiger partial charge is 0.493 e. The predicted molar refractivity (Wildman–Crippen MR) is 115 cm³/mol. The Morgan fingerprint density at radius 2 is 1.81 bits per heavy atom. The third-order valence-corrected chi connectivity index (χ3v) is 4.49. The standard InChI is InChI=1S/C23H24N2O6/c1-25(14-16-9-10-19(28-2)21(12-16)29-3)22(26)15-31-18-7-4-6-17(13-18)24-23(27)20-8-5-11-30-20/h4-13H,14-15H2,1-3H3,(H,24,27). The number of carbonyl (C=O) groups excluding carboxylic acids is 2. The van der Waals surface area contributed by atoms with Crippen LogP contribution in [0, 0.1) is 0 Å². The van der Waals surface area contributed by atoms with E-state index >= 15 is 0 Å². The van der Waals surface area contributed by atoms with Crippen LogP contribution in [0.2, 0.25) is 0 Å². The molecule has 1 heterocycles. The second-order valence-electron chi connectivity index (χ2n) is 6.69. The number of nitrogens with one attached hydrogen (secondary N) is 1. The van der Waals surface area contributed by atoms with E-state index in [-0.39, 0.29) is 24.2 Å². The van der Waals surface area contributed by atoms with Gasteiger partial charge in [0.25, 0.3) is 11.8 Å². The molecule has 162 valence electrons. The summed E-state index contributed by atoms with van der Waals surface area (Å²) < 4.78 is 21.2. The van der Waals surface area contributed by atoms with Crippen LogP contribution in [0.25, 0.3) is 0 Å². The number of hydrogen-bond donors (Lipinski definition) is 1. The zero-order valence-electron chi connectivity index (χ0n) is 17.6. The molecule has 8 heteroatoms. The van der Waals surface area contributed by atoms with E-state index in [1.807, 2.05) is 12.1 Å². The first kappa shape index (κ1) is 21.8. The van der Waals surface area contributed by atoms with Crippen LogP contribution >= 0.6 is 0 Å². The molecule has 0 unspecified atom stereocenters. The van der Waals surface area contributed by atoms with Crippen molar-refractivity contribution in [3.63, 3.8) is 0 Å². The monoisotopic (exact) mass is 424 g/mol. The highest BCUT2D eigenvalue weighted by molar-refractivity contribution is 6.02. The predicted octanol–water partition coefficient (Wildman–Crippen LogP) is 3.59. The van der Waals surface area contributed by atoms with Crippen LogP contribution in [0.5, 0.6) is 17.2 Å². The van der Waals surface area contributed by atoms with Crippen LogP contribution in [0.4, 0.5) is 5.69 Å². The van der Waals surface area contributed by atoms with Gasteiger partial charge in [0.1, 0.15) is 5.75 Å². The Bertz CT molecular complexity index is 1030. The van der Waals surface area contributed by atoms with Crippen molar-refractivity contribution in [1.82, 2.24) is 4.90 Å². The van der Waals surface area contributed by atoms with Crippen molar-refractivity contribution in [3.05, 3.63) is 72.2 Å². The van der Waals surface area contributed by atoms with Gasteiger partial charge in [0, 0.05) is 25.3 Å².